The lowest BCUT2D eigenvalue weighted by Crippen LogP contribution is -2.53. The molecule has 2 aromatic heterocycles. The largest absolute Gasteiger partial charge is 0.396 e. The Kier molecular flexibility index (Phi) is 5.56. The molecule has 1 unspecified atom stereocenters. The van der Waals surface area contributed by atoms with Crippen LogP contribution < -0.4 is 10.2 Å². The normalized spacial score (nSPS) is 20.1. The third-order valence-corrected chi connectivity index (χ3v) is 7.02. The molecule has 3 N–H and O–H groups in total. The first-order chi connectivity index (χ1) is 17.1. The number of nitrogens with one attached hydrogen (secondary N) is 1. The van der Waals surface area contributed by atoms with Crippen LogP contribution >= 0.6 is 0 Å². The van der Waals surface area contributed by atoms with Gasteiger partial charge in [0.05, 0.1) is 61.6 Å². The quantitative estimate of drug-likeness (QED) is 0.418. The van der Waals surface area contributed by atoms with Crippen molar-refractivity contribution in [2.75, 3.05) is 62.9 Å². The molecule has 1 amide bonds. The van der Waals surface area contributed by atoms with Crippen LogP contribution in [0.1, 0.15) is 27.7 Å². The van der Waals surface area contributed by atoms with Gasteiger partial charge in [-0.3, -0.25) is 4.79 Å². The molecule has 11 nitrogen and oxygen atoms in total. The highest BCUT2D eigenvalue weighted by atomic mass is 16.5. The van der Waals surface area contributed by atoms with E-state index in [9.17, 15) is 15.0 Å². The van der Waals surface area contributed by atoms with Gasteiger partial charge in [0.2, 0.25) is 0 Å². The van der Waals surface area contributed by atoms with Crippen molar-refractivity contribution in [2.45, 2.75) is 12.8 Å². The second-order valence-corrected chi connectivity index (χ2v) is 9.47. The number of carbonyl (C=O) groups excluding carboxylic acids is 1. The summed E-state index contributed by atoms with van der Waals surface area (Å²) >= 11 is 0. The fourth-order valence-electron chi connectivity index (χ4n) is 5.01. The molecule has 5 heterocycles. The second kappa shape index (κ2) is 8.76. The van der Waals surface area contributed by atoms with E-state index in [1.54, 1.807) is 34.1 Å². The molecular weight excluding hydrogens is 452 g/mol. The highest BCUT2D eigenvalue weighted by molar-refractivity contribution is 6.00. The number of aromatic nitrogens is 3. The highest BCUT2D eigenvalue weighted by Crippen LogP contribution is 2.38. The summed E-state index contributed by atoms with van der Waals surface area (Å²) in [5.41, 5.74) is 3.84. The van der Waals surface area contributed by atoms with E-state index in [1.165, 1.54) is 0 Å². The number of fused-ring (bicyclic) bond motifs is 2. The number of anilines is 2. The maximum absolute atomic E-state index is 13.3. The van der Waals surface area contributed by atoms with Crippen molar-refractivity contribution >= 4 is 22.9 Å². The maximum Gasteiger partial charge on any atom is 0.254 e. The van der Waals surface area contributed by atoms with Gasteiger partial charge in [-0.15, -0.1) is 0 Å². The van der Waals surface area contributed by atoms with E-state index in [2.05, 4.69) is 20.3 Å². The van der Waals surface area contributed by atoms with Crippen LogP contribution in [0, 0.1) is 5.41 Å². The van der Waals surface area contributed by atoms with Crippen LogP contribution in [-0.2, 0) is 16.0 Å². The minimum absolute atomic E-state index is 0.0150. The number of rotatable bonds is 7. The zero-order valence-corrected chi connectivity index (χ0v) is 19.3. The number of ether oxygens (including phenoxy) is 2. The standard InChI is InChI=1S/C24H28N6O5/c31-13-24(14-35-15-24)12-29-11-16-8-19(20(9-17(16)23(29)33)28-4-6-34-7-5-28)27-22(32)18-10-26-30-3-1-2-25-21(18)30/h1-3,8-10,22,27,31-32H,4-7,11-15H2. The summed E-state index contributed by atoms with van der Waals surface area (Å²) < 4.78 is 12.5. The van der Waals surface area contributed by atoms with Crippen molar-refractivity contribution in [3.63, 3.8) is 0 Å². The summed E-state index contributed by atoms with van der Waals surface area (Å²) in [6.45, 7) is 4.34. The van der Waals surface area contributed by atoms with Gasteiger partial charge in [-0.25, -0.2) is 9.50 Å². The van der Waals surface area contributed by atoms with Crippen LogP contribution in [0.25, 0.3) is 5.65 Å². The van der Waals surface area contributed by atoms with Gasteiger partial charge in [0.25, 0.3) is 5.91 Å². The minimum Gasteiger partial charge on any atom is -0.396 e. The Bertz CT molecular complexity index is 1250. The van der Waals surface area contributed by atoms with Gasteiger partial charge in [0.15, 0.2) is 11.9 Å². The highest BCUT2D eigenvalue weighted by Gasteiger charge is 2.43. The van der Waals surface area contributed by atoms with E-state index in [-0.39, 0.29) is 12.5 Å². The van der Waals surface area contributed by atoms with Gasteiger partial charge in [-0.1, -0.05) is 0 Å². The molecule has 1 atom stereocenters. The SMILES string of the molecule is O=C1c2cc(N3CCOCC3)c(NC(O)c3cnn4cccnc34)cc2CN1CC1(CO)COC1. The summed E-state index contributed by atoms with van der Waals surface area (Å²) in [4.78, 5) is 21.6. The van der Waals surface area contributed by atoms with Crippen LogP contribution in [-0.4, -0.2) is 88.3 Å². The van der Waals surface area contributed by atoms with Gasteiger partial charge < -0.3 is 34.8 Å². The predicted molar refractivity (Wildman–Crippen MR) is 126 cm³/mol. The number of nitrogens with zero attached hydrogens (tertiary/aromatic N) is 5. The van der Waals surface area contributed by atoms with E-state index < -0.39 is 11.6 Å². The molecule has 0 saturated carbocycles. The fourth-order valence-corrected chi connectivity index (χ4v) is 5.01. The molecular formula is C24H28N6O5. The number of morpholine rings is 1. The molecule has 6 rings (SSSR count). The van der Waals surface area contributed by atoms with Crippen molar-refractivity contribution in [3.8, 4) is 0 Å². The monoisotopic (exact) mass is 480 g/mol. The van der Waals surface area contributed by atoms with E-state index in [0.717, 1.165) is 16.9 Å². The molecule has 184 valence electrons. The fraction of sp³-hybridized carbons (Fsp3) is 0.458. The number of amides is 1. The molecule has 11 heteroatoms. The smallest absolute Gasteiger partial charge is 0.254 e. The molecule has 0 spiro atoms. The number of hydrogen-bond donors (Lipinski definition) is 3. The molecule has 3 aliphatic heterocycles. The van der Waals surface area contributed by atoms with Crippen LogP contribution in [0.15, 0.2) is 36.8 Å². The first-order valence-electron chi connectivity index (χ1n) is 11.8. The average Bonchev–Trinajstić information content (AvgIpc) is 3.42. The molecule has 1 aromatic carbocycles. The number of hydrogen-bond acceptors (Lipinski definition) is 9. The van der Waals surface area contributed by atoms with Crippen LogP contribution in [0.4, 0.5) is 11.4 Å². The van der Waals surface area contributed by atoms with E-state index in [4.69, 9.17) is 9.47 Å². The summed E-state index contributed by atoms with van der Waals surface area (Å²) in [5.74, 6) is -0.0480. The summed E-state index contributed by atoms with van der Waals surface area (Å²) in [6.07, 6.45) is 3.99. The molecule has 3 aromatic rings. The molecule has 2 fully saturated rings. The lowest BCUT2D eigenvalue weighted by atomic mass is 9.86. The van der Waals surface area contributed by atoms with E-state index in [1.807, 2.05) is 12.1 Å². The lowest BCUT2D eigenvalue weighted by Gasteiger charge is -2.42. The van der Waals surface area contributed by atoms with Gasteiger partial charge in [0, 0.05) is 44.1 Å². The topological polar surface area (TPSA) is 125 Å². The maximum atomic E-state index is 13.3. The number of aliphatic hydroxyl groups is 2. The first kappa shape index (κ1) is 22.2. The van der Waals surface area contributed by atoms with Crippen molar-refractivity contribution in [1.29, 1.82) is 0 Å². The summed E-state index contributed by atoms with van der Waals surface area (Å²) in [6, 6.07) is 5.64. The summed E-state index contributed by atoms with van der Waals surface area (Å²) in [7, 11) is 0. The lowest BCUT2D eigenvalue weighted by molar-refractivity contribution is -0.144. The Labute approximate surface area is 201 Å². The number of carbonyl (C=O) groups is 1. The van der Waals surface area contributed by atoms with Crippen LogP contribution in [0.3, 0.4) is 0 Å². The molecule has 0 aliphatic carbocycles. The van der Waals surface area contributed by atoms with Gasteiger partial charge in [-0.2, -0.15) is 5.10 Å². The molecule has 35 heavy (non-hydrogen) atoms. The molecule has 3 aliphatic rings. The third kappa shape index (κ3) is 3.90. The van der Waals surface area contributed by atoms with Crippen molar-refractivity contribution in [2.24, 2.45) is 5.41 Å². The summed E-state index contributed by atoms with van der Waals surface area (Å²) in [5, 5.41) is 28.4. The van der Waals surface area contributed by atoms with Crippen LogP contribution in [0.5, 0.6) is 0 Å². The third-order valence-electron chi connectivity index (χ3n) is 7.02. The Morgan fingerprint density at radius 1 is 1.20 bits per heavy atom. The second-order valence-electron chi connectivity index (χ2n) is 9.47. The van der Waals surface area contributed by atoms with Gasteiger partial charge in [0.1, 0.15) is 0 Å². The Morgan fingerprint density at radius 2 is 2.03 bits per heavy atom. The molecule has 2 saturated heterocycles. The van der Waals surface area contributed by atoms with Gasteiger partial charge >= 0.3 is 0 Å². The van der Waals surface area contributed by atoms with Crippen molar-refractivity contribution in [3.05, 3.63) is 53.5 Å². The van der Waals surface area contributed by atoms with E-state index >= 15 is 0 Å². The molecule has 0 bridgehead atoms. The van der Waals surface area contributed by atoms with Gasteiger partial charge in [-0.05, 0) is 23.8 Å². The molecule has 0 radical (unpaired) electrons. The Balaban J connectivity index is 1.32. The predicted octanol–water partition coefficient (Wildman–Crippen LogP) is 0.634. The minimum atomic E-state index is -1.04. The zero-order valence-electron chi connectivity index (χ0n) is 19.3. The van der Waals surface area contributed by atoms with Crippen molar-refractivity contribution < 1.29 is 24.5 Å². The number of aliphatic hydroxyl groups excluding tert-OH is 2. The average molecular weight is 481 g/mol. The number of benzene rings is 1. The zero-order chi connectivity index (χ0) is 24.0. The van der Waals surface area contributed by atoms with Crippen LogP contribution in [0.2, 0.25) is 0 Å². The van der Waals surface area contributed by atoms with Crippen molar-refractivity contribution in [1.82, 2.24) is 19.5 Å². The Hall–Kier alpha value is -3.25. The van der Waals surface area contributed by atoms with E-state index in [0.29, 0.717) is 69.4 Å². The Morgan fingerprint density at radius 3 is 2.77 bits per heavy atom. The first-order valence-corrected chi connectivity index (χ1v) is 11.8.